The smallest absolute Gasteiger partial charge is 0.0897 e. The van der Waals surface area contributed by atoms with E-state index in [1.807, 2.05) is 13.1 Å². The van der Waals surface area contributed by atoms with Gasteiger partial charge in [0.1, 0.15) is 0 Å². The van der Waals surface area contributed by atoms with Gasteiger partial charge in [0.15, 0.2) is 0 Å². The third kappa shape index (κ3) is 2.49. The summed E-state index contributed by atoms with van der Waals surface area (Å²) in [5.74, 6) is 0. The molecule has 3 heteroatoms. The van der Waals surface area contributed by atoms with Crippen molar-refractivity contribution < 1.29 is 0 Å². The predicted molar refractivity (Wildman–Crippen MR) is 68.7 cm³/mol. The van der Waals surface area contributed by atoms with Gasteiger partial charge >= 0.3 is 0 Å². The quantitative estimate of drug-likeness (QED) is 0.883. The first-order chi connectivity index (χ1) is 7.66. The molecule has 2 N–H and O–H groups in total. The molecule has 2 aromatic rings. The molecule has 0 spiro atoms. The third-order valence-corrected chi connectivity index (χ3v) is 3.75. The highest BCUT2D eigenvalue weighted by Crippen LogP contribution is 2.22. The molecule has 0 saturated heterocycles. The molecular formula is C13H16N2S. The Bertz CT molecular complexity index is 476. The maximum Gasteiger partial charge on any atom is 0.0897 e. The molecule has 1 unspecified atom stereocenters. The second-order valence-corrected chi connectivity index (χ2v) is 5.29. The van der Waals surface area contributed by atoms with Gasteiger partial charge in [-0.3, -0.25) is 0 Å². The Hall–Kier alpha value is -1.19. The summed E-state index contributed by atoms with van der Waals surface area (Å²) in [7, 11) is 0. The van der Waals surface area contributed by atoms with E-state index in [2.05, 4.69) is 36.2 Å². The van der Waals surface area contributed by atoms with Gasteiger partial charge in [0.25, 0.3) is 0 Å². The van der Waals surface area contributed by atoms with Crippen molar-refractivity contribution in [3.63, 3.8) is 0 Å². The molecule has 2 nitrogen and oxygen atoms in total. The van der Waals surface area contributed by atoms with E-state index in [-0.39, 0.29) is 6.04 Å². The lowest BCUT2D eigenvalue weighted by molar-refractivity contribution is 0.731. The first-order valence-electron chi connectivity index (χ1n) is 5.39. The van der Waals surface area contributed by atoms with Crippen molar-refractivity contribution in [2.45, 2.75) is 26.3 Å². The topological polar surface area (TPSA) is 38.9 Å². The van der Waals surface area contributed by atoms with E-state index >= 15 is 0 Å². The van der Waals surface area contributed by atoms with Crippen molar-refractivity contribution >= 4 is 11.3 Å². The molecule has 1 atom stereocenters. The summed E-state index contributed by atoms with van der Waals surface area (Å²) in [5.41, 5.74) is 8.80. The predicted octanol–water partition coefficient (Wildman–Crippen LogP) is 3.00. The van der Waals surface area contributed by atoms with Crippen LogP contribution in [0.2, 0.25) is 0 Å². The zero-order chi connectivity index (χ0) is 11.5. The molecule has 84 valence electrons. The third-order valence-electron chi connectivity index (χ3n) is 2.71. The monoisotopic (exact) mass is 232 g/mol. The van der Waals surface area contributed by atoms with Gasteiger partial charge in [-0.1, -0.05) is 24.3 Å². The van der Waals surface area contributed by atoms with Crippen molar-refractivity contribution in [1.82, 2.24) is 4.98 Å². The van der Waals surface area contributed by atoms with E-state index in [0.717, 1.165) is 11.4 Å². The molecule has 16 heavy (non-hydrogen) atoms. The van der Waals surface area contributed by atoms with Gasteiger partial charge in [-0.15, -0.1) is 11.3 Å². The lowest BCUT2D eigenvalue weighted by Crippen LogP contribution is -2.12. The fourth-order valence-corrected chi connectivity index (χ4v) is 2.51. The molecule has 0 saturated carbocycles. The van der Waals surface area contributed by atoms with Gasteiger partial charge in [0.05, 0.1) is 5.01 Å². The van der Waals surface area contributed by atoms with Crippen LogP contribution in [0.15, 0.2) is 30.5 Å². The highest BCUT2D eigenvalue weighted by atomic mass is 32.1. The minimum atomic E-state index is 0.0623. The summed E-state index contributed by atoms with van der Waals surface area (Å²) in [4.78, 5) is 5.41. The fourth-order valence-electron chi connectivity index (χ4n) is 1.73. The summed E-state index contributed by atoms with van der Waals surface area (Å²) in [5, 5.41) is 1.08. The molecule has 1 aromatic carbocycles. The van der Waals surface area contributed by atoms with Crippen LogP contribution in [0.4, 0.5) is 0 Å². The maximum atomic E-state index is 6.18. The molecule has 2 rings (SSSR count). The number of aryl methyl sites for hydroxylation is 2. The molecule has 0 amide bonds. The first-order valence-corrected chi connectivity index (χ1v) is 6.21. The van der Waals surface area contributed by atoms with E-state index in [1.54, 1.807) is 11.3 Å². The van der Waals surface area contributed by atoms with Gasteiger partial charge in [0, 0.05) is 17.1 Å². The van der Waals surface area contributed by atoms with Crippen LogP contribution >= 0.6 is 11.3 Å². The van der Waals surface area contributed by atoms with E-state index in [4.69, 9.17) is 5.73 Å². The number of thiazole rings is 1. The van der Waals surface area contributed by atoms with Crippen molar-refractivity contribution in [1.29, 1.82) is 0 Å². The standard InChI is InChI=1S/C13H16N2S/c1-9-5-3-4-6-11(9)7-12(14)13-8-15-10(2)16-13/h3-6,8,12H,7,14H2,1-2H3. The molecule has 0 fully saturated rings. The normalized spacial score (nSPS) is 12.7. The Balaban J connectivity index is 2.13. The highest BCUT2D eigenvalue weighted by molar-refractivity contribution is 7.11. The van der Waals surface area contributed by atoms with Gasteiger partial charge in [-0.2, -0.15) is 0 Å². The molecular weight excluding hydrogens is 216 g/mol. The summed E-state index contributed by atoms with van der Waals surface area (Å²) in [6.45, 7) is 4.13. The zero-order valence-corrected chi connectivity index (χ0v) is 10.4. The lowest BCUT2D eigenvalue weighted by Gasteiger charge is -2.11. The molecule has 0 radical (unpaired) electrons. The van der Waals surface area contributed by atoms with Crippen LogP contribution in [0.3, 0.4) is 0 Å². The van der Waals surface area contributed by atoms with E-state index < -0.39 is 0 Å². The van der Waals surface area contributed by atoms with Crippen molar-refractivity contribution in [2.24, 2.45) is 5.73 Å². The summed E-state index contributed by atoms with van der Waals surface area (Å²) >= 11 is 1.68. The number of rotatable bonds is 3. The SMILES string of the molecule is Cc1ncc(C(N)Cc2ccccc2C)s1. The molecule has 1 aromatic heterocycles. The molecule has 0 aliphatic heterocycles. The van der Waals surface area contributed by atoms with E-state index in [1.165, 1.54) is 16.0 Å². The number of hydrogen-bond donors (Lipinski definition) is 1. The summed E-state index contributed by atoms with van der Waals surface area (Å²) < 4.78 is 0. The number of hydrogen-bond acceptors (Lipinski definition) is 3. The zero-order valence-electron chi connectivity index (χ0n) is 9.60. The number of benzene rings is 1. The van der Waals surface area contributed by atoms with Crippen LogP contribution in [0.25, 0.3) is 0 Å². The minimum Gasteiger partial charge on any atom is -0.323 e. The van der Waals surface area contributed by atoms with Crippen LogP contribution in [0.1, 0.15) is 27.1 Å². The Morgan fingerprint density at radius 2 is 2.06 bits per heavy atom. The average molecular weight is 232 g/mol. The number of aromatic nitrogens is 1. The highest BCUT2D eigenvalue weighted by Gasteiger charge is 2.10. The van der Waals surface area contributed by atoms with Crippen LogP contribution in [0.5, 0.6) is 0 Å². The van der Waals surface area contributed by atoms with Crippen molar-refractivity contribution in [3.8, 4) is 0 Å². The van der Waals surface area contributed by atoms with Crippen LogP contribution in [-0.2, 0) is 6.42 Å². The molecule has 0 aliphatic carbocycles. The van der Waals surface area contributed by atoms with Gasteiger partial charge in [-0.05, 0) is 31.4 Å². The number of nitrogens with zero attached hydrogens (tertiary/aromatic N) is 1. The second-order valence-electron chi connectivity index (χ2n) is 4.02. The Morgan fingerprint density at radius 3 is 2.69 bits per heavy atom. The minimum absolute atomic E-state index is 0.0623. The summed E-state index contributed by atoms with van der Waals surface area (Å²) in [6.07, 6.45) is 2.78. The van der Waals surface area contributed by atoms with Gasteiger partial charge < -0.3 is 5.73 Å². The maximum absolute atomic E-state index is 6.18. The Kier molecular flexibility index (Phi) is 3.36. The molecule has 1 heterocycles. The Labute approximate surface area is 100 Å². The fraction of sp³-hybridized carbons (Fsp3) is 0.308. The molecule has 0 aliphatic rings. The Morgan fingerprint density at radius 1 is 1.31 bits per heavy atom. The van der Waals surface area contributed by atoms with Crippen LogP contribution in [-0.4, -0.2) is 4.98 Å². The lowest BCUT2D eigenvalue weighted by atomic mass is 10.0. The van der Waals surface area contributed by atoms with E-state index in [9.17, 15) is 0 Å². The first kappa shape index (κ1) is 11.3. The molecule has 0 bridgehead atoms. The van der Waals surface area contributed by atoms with Crippen LogP contribution < -0.4 is 5.73 Å². The second kappa shape index (κ2) is 4.76. The number of nitrogens with two attached hydrogens (primary N) is 1. The van der Waals surface area contributed by atoms with Gasteiger partial charge in [-0.25, -0.2) is 4.98 Å². The average Bonchev–Trinajstić information content (AvgIpc) is 2.68. The van der Waals surface area contributed by atoms with E-state index in [0.29, 0.717) is 0 Å². The van der Waals surface area contributed by atoms with Crippen LogP contribution in [0, 0.1) is 13.8 Å². The summed E-state index contributed by atoms with van der Waals surface area (Å²) in [6, 6.07) is 8.45. The van der Waals surface area contributed by atoms with Crippen molar-refractivity contribution in [3.05, 3.63) is 51.5 Å². The largest absolute Gasteiger partial charge is 0.323 e. The van der Waals surface area contributed by atoms with Gasteiger partial charge in [0.2, 0.25) is 0 Å². The van der Waals surface area contributed by atoms with Crippen molar-refractivity contribution in [2.75, 3.05) is 0 Å².